The van der Waals surface area contributed by atoms with Gasteiger partial charge in [0.15, 0.2) is 0 Å². The number of nitrogens with zero attached hydrogens (tertiary/aromatic N) is 2. The highest BCUT2D eigenvalue weighted by molar-refractivity contribution is 7.92. The Morgan fingerprint density at radius 2 is 1.29 bits per heavy atom. The van der Waals surface area contributed by atoms with E-state index in [4.69, 9.17) is 0 Å². The molecular formula is C31H33N3O3S. The van der Waals surface area contributed by atoms with E-state index < -0.39 is 10.0 Å². The quantitative estimate of drug-likeness (QED) is 0.265. The largest absolute Gasteiger partial charge is 0.372 e. The Bertz CT molecular complexity index is 1440. The zero-order chi connectivity index (χ0) is 27.0. The summed E-state index contributed by atoms with van der Waals surface area (Å²) in [6, 6.07) is 32.6. The summed E-state index contributed by atoms with van der Waals surface area (Å²) < 4.78 is 28.9. The lowest BCUT2D eigenvalue weighted by Gasteiger charge is -2.26. The number of benzene rings is 4. The lowest BCUT2D eigenvalue weighted by Crippen LogP contribution is -2.33. The topological polar surface area (TPSA) is 69.7 Å². The lowest BCUT2D eigenvalue weighted by atomic mass is 10.1. The van der Waals surface area contributed by atoms with Crippen molar-refractivity contribution in [1.82, 2.24) is 5.32 Å². The fourth-order valence-electron chi connectivity index (χ4n) is 4.34. The third-order valence-electron chi connectivity index (χ3n) is 6.44. The maximum absolute atomic E-state index is 13.8. The molecule has 6 nitrogen and oxygen atoms in total. The van der Waals surface area contributed by atoms with Crippen LogP contribution in [0.25, 0.3) is 0 Å². The van der Waals surface area contributed by atoms with Crippen molar-refractivity contribution in [2.75, 3.05) is 22.3 Å². The summed E-state index contributed by atoms with van der Waals surface area (Å²) >= 11 is 0. The molecule has 0 aliphatic carbocycles. The molecule has 7 heteroatoms. The summed E-state index contributed by atoms with van der Waals surface area (Å²) in [7, 11) is -3.94. The molecule has 4 aromatic carbocycles. The first-order valence-corrected chi connectivity index (χ1v) is 14.2. The van der Waals surface area contributed by atoms with Crippen LogP contribution < -0.4 is 14.5 Å². The minimum absolute atomic E-state index is 0.0924. The number of anilines is 2. The number of amides is 1. The van der Waals surface area contributed by atoms with Crippen molar-refractivity contribution in [3.05, 3.63) is 126 Å². The summed E-state index contributed by atoms with van der Waals surface area (Å²) in [5.74, 6) is -0.338. The van der Waals surface area contributed by atoms with Crippen LogP contribution in [0.4, 0.5) is 11.4 Å². The lowest BCUT2D eigenvalue weighted by molar-refractivity contribution is 0.0951. The van der Waals surface area contributed by atoms with E-state index in [1.165, 1.54) is 4.31 Å². The minimum atomic E-state index is -3.94. The standard InChI is InChI=1S/C31H33N3O3S/c1-3-33(4-2)27-21-19-25(20-22-27)23-32-31(35)29-17-11-12-18-30(29)34(24-26-13-7-5-8-14-26)38(36,37)28-15-9-6-10-16-28/h5-22H,3-4,23-24H2,1-2H3,(H,32,35). The Hall–Kier alpha value is -4.10. The van der Waals surface area contributed by atoms with Crippen molar-refractivity contribution in [2.24, 2.45) is 0 Å². The molecule has 0 bridgehead atoms. The Labute approximate surface area is 225 Å². The van der Waals surface area contributed by atoms with Gasteiger partial charge in [0.25, 0.3) is 15.9 Å². The minimum Gasteiger partial charge on any atom is -0.372 e. The Morgan fingerprint density at radius 3 is 1.92 bits per heavy atom. The van der Waals surface area contributed by atoms with Crippen LogP contribution in [0.15, 0.2) is 114 Å². The number of hydrogen-bond acceptors (Lipinski definition) is 4. The summed E-state index contributed by atoms with van der Waals surface area (Å²) in [6.45, 7) is 6.51. The highest BCUT2D eigenvalue weighted by Gasteiger charge is 2.28. The third-order valence-corrected chi connectivity index (χ3v) is 8.21. The molecule has 196 valence electrons. The first-order chi connectivity index (χ1) is 18.4. The second kappa shape index (κ2) is 12.4. The molecule has 0 spiro atoms. The van der Waals surface area contributed by atoms with Crippen LogP contribution in [0.5, 0.6) is 0 Å². The molecular weight excluding hydrogens is 494 g/mol. The highest BCUT2D eigenvalue weighted by atomic mass is 32.2. The summed E-state index contributed by atoms with van der Waals surface area (Å²) in [5.41, 5.74) is 3.54. The predicted molar refractivity (Wildman–Crippen MR) is 154 cm³/mol. The average Bonchev–Trinajstić information content (AvgIpc) is 2.97. The summed E-state index contributed by atoms with van der Waals surface area (Å²) in [6.07, 6.45) is 0. The van der Waals surface area contributed by atoms with Crippen LogP contribution in [0.3, 0.4) is 0 Å². The van der Waals surface area contributed by atoms with Crippen LogP contribution in [0.1, 0.15) is 35.3 Å². The fourth-order valence-corrected chi connectivity index (χ4v) is 5.84. The molecule has 0 aromatic heterocycles. The van der Waals surface area contributed by atoms with Gasteiger partial charge in [0.1, 0.15) is 0 Å². The van der Waals surface area contributed by atoms with Gasteiger partial charge in [-0.1, -0.05) is 72.8 Å². The molecule has 38 heavy (non-hydrogen) atoms. The number of carbonyl (C=O) groups excluding carboxylic acids is 1. The molecule has 0 aliphatic heterocycles. The van der Waals surface area contributed by atoms with Crippen molar-refractivity contribution >= 4 is 27.3 Å². The number of nitrogens with one attached hydrogen (secondary N) is 1. The number of para-hydroxylation sites is 1. The number of sulfonamides is 1. The molecule has 0 radical (unpaired) electrons. The second-order valence-corrected chi connectivity index (χ2v) is 10.7. The van der Waals surface area contributed by atoms with E-state index in [0.717, 1.165) is 29.9 Å². The van der Waals surface area contributed by atoms with Gasteiger partial charge in [-0.15, -0.1) is 0 Å². The fraction of sp³-hybridized carbons (Fsp3) is 0.194. The molecule has 1 N–H and O–H groups in total. The molecule has 0 saturated carbocycles. The molecule has 0 atom stereocenters. The molecule has 0 saturated heterocycles. The molecule has 4 aromatic rings. The van der Waals surface area contributed by atoms with Gasteiger partial charge in [0.05, 0.1) is 22.7 Å². The maximum atomic E-state index is 13.8. The summed E-state index contributed by atoms with van der Waals surface area (Å²) in [4.78, 5) is 15.8. The van der Waals surface area contributed by atoms with Crippen LogP contribution in [-0.4, -0.2) is 27.4 Å². The van der Waals surface area contributed by atoms with Crippen LogP contribution >= 0.6 is 0 Å². The van der Waals surface area contributed by atoms with Crippen LogP contribution in [-0.2, 0) is 23.1 Å². The van der Waals surface area contributed by atoms with E-state index in [2.05, 4.69) is 36.2 Å². The SMILES string of the molecule is CCN(CC)c1ccc(CNC(=O)c2ccccc2N(Cc2ccccc2)S(=O)(=O)c2ccccc2)cc1. The Balaban J connectivity index is 1.62. The van der Waals surface area contributed by atoms with Crippen molar-refractivity contribution in [2.45, 2.75) is 31.8 Å². The van der Waals surface area contributed by atoms with E-state index in [1.807, 2.05) is 42.5 Å². The second-order valence-electron chi connectivity index (χ2n) is 8.85. The van der Waals surface area contributed by atoms with Crippen molar-refractivity contribution < 1.29 is 13.2 Å². The van der Waals surface area contributed by atoms with E-state index in [1.54, 1.807) is 54.6 Å². The highest BCUT2D eigenvalue weighted by Crippen LogP contribution is 2.29. The van der Waals surface area contributed by atoms with Crippen molar-refractivity contribution in [3.63, 3.8) is 0 Å². The Morgan fingerprint density at radius 1 is 0.711 bits per heavy atom. The molecule has 4 rings (SSSR count). The molecule has 1 amide bonds. The first kappa shape index (κ1) is 26.9. The van der Waals surface area contributed by atoms with Gasteiger partial charge in [-0.05, 0) is 61.4 Å². The molecule has 0 heterocycles. The molecule has 0 fully saturated rings. The first-order valence-electron chi connectivity index (χ1n) is 12.8. The van der Waals surface area contributed by atoms with E-state index >= 15 is 0 Å². The Kier molecular flexibility index (Phi) is 8.81. The van der Waals surface area contributed by atoms with Gasteiger partial charge >= 0.3 is 0 Å². The van der Waals surface area contributed by atoms with Gasteiger partial charge in [0.2, 0.25) is 0 Å². The molecule has 0 unspecified atom stereocenters. The van der Waals surface area contributed by atoms with Crippen LogP contribution in [0, 0.1) is 0 Å². The smallest absolute Gasteiger partial charge is 0.264 e. The number of carbonyl (C=O) groups is 1. The van der Waals surface area contributed by atoms with Gasteiger partial charge in [-0.2, -0.15) is 0 Å². The summed E-state index contributed by atoms with van der Waals surface area (Å²) in [5, 5.41) is 2.97. The van der Waals surface area contributed by atoms with E-state index in [0.29, 0.717) is 17.8 Å². The maximum Gasteiger partial charge on any atom is 0.264 e. The predicted octanol–water partition coefficient (Wildman–Crippen LogP) is 5.86. The average molecular weight is 528 g/mol. The van der Waals surface area contributed by atoms with Gasteiger partial charge in [-0.25, -0.2) is 8.42 Å². The molecule has 0 aliphatic rings. The zero-order valence-corrected chi connectivity index (χ0v) is 22.6. The monoisotopic (exact) mass is 527 g/mol. The van der Waals surface area contributed by atoms with Crippen LogP contribution in [0.2, 0.25) is 0 Å². The van der Waals surface area contributed by atoms with Gasteiger partial charge < -0.3 is 10.2 Å². The number of rotatable bonds is 11. The van der Waals surface area contributed by atoms with Gasteiger partial charge in [0, 0.05) is 25.3 Å². The number of hydrogen-bond donors (Lipinski definition) is 1. The van der Waals surface area contributed by atoms with Crippen molar-refractivity contribution in [3.8, 4) is 0 Å². The normalized spacial score (nSPS) is 11.1. The van der Waals surface area contributed by atoms with Gasteiger partial charge in [-0.3, -0.25) is 9.10 Å². The van der Waals surface area contributed by atoms with Crippen molar-refractivity contribution in [1.29, 1.82) is 0 Å². The van der Waals surface area contributed by atoms with E-state index in [-0.39, 0.29) is 17.3 Å². The van der Waals surface area contributed by atoms with E-state index in [9.17, 15) is 13.2 Å². The zero-order valence-electron chi connectivity index (χ0n) is 21.7. The third kappa shape index (κ3) is 6.23.